The molecule has 2 aromatic rings. The summed E-state index contributed by atoms with van der Waals surface area (Å²) in [5.41, 5.74) is 1.58. The molecule has 0 aliphatic rings. The number of hydrogen-bond donors (Lipinski definition) is 2. The Morgan fingerprint density at radius 3 is 2.64 bits per heavy atom. The number of nitro groups is 1. The van der Waals surface area contributed by atoms with Crippen molar-refractivity contribution in [1.29, 1.82) is 5.26 Å². The Kier molecular flexibility index (Phi) is 4.94. The van der Waals surface area contributed by atoms with Gasteiger partial charge in [0.25, 0.3) is 5.69 Å². The lowest BCUT2D eigenvalue weighted by Gasteiger charge is -2.16. The SMILES string of the molecule is CC(CNc1ccc(C#N)cc1[N+](=O)[O-])Nc1ccccc1. The lowest BCUT2D eigenvalue weighted by molar-refractivity contribution is -0.384. The third-order valence-corrected chi connectivity index (χ3v) is 3.11. The standard InChI is InChI=1S/C16H16N4O2/c1-12(19-14-5-3-2-4-6-14)11-18-15-8-7-13(10-17)9-16(15)20(21)22/h2-9,12,18-19H,11H2,1H3. The zero-order valence-corrected chi connectivity index (χ0v) is 12.1. The Balaban J connectivity index is 2.02. The molecule has 1 atom stereocenters. The van der Waals surface area contributed by atoms with E-state index >= 15 is 0 Å². The van der Waals surface area contributed by atoms with Gasteiger partial charge in [-0.05, 0) is 31.2 Å². The molecule has 0 fully saturated rings. The molecule has 0 aliphatic heterocycles. The summed E-state index contributed by atoms with van der Waals surface area (Å²) in [6, 6.07) is 16.1. The van der Waals surface area contributed by atoms with Crippen LogP contribution in [0.5, 0.6) is 0 Å². The monoisotopic (exact) mass is 296 g/mol. The van der Waals surface area contributed by atoms with E-state index in [-0.39, 0.29) is 17.3 Å². The molecule has 0 heterocycles. The minimum atomic E-state index is -0.488. The number of benzene rings is 2. The van der Waals surface area contributed by atoms with E-state index in [0.29, 0.717) is 12.2 Å². The second-order valence-corrected chi connectivity index (χ2v) is 4.89. The van der Waals surface area contributed by atoms with Crippen molar-refractivity contribution in [3.8, 4) is 6.07 Å². The van der Waals surface area contributed by atoms with E-state index < -0.39 is 4.92 Å². The van der Waals surface area contributed by atoms with Crippen LogP contribution in [-0.4, -0.2) is 17.5 Å². The second-order valence-electron chi connectivity index (χ2n) is 4.89. The number of hydrogen-bond acceptors (Lipinski definition) is 5. The number of nitrogens with zero attached hydrogens (tertiary/aromatic N) is 2. The summed E-state index contributed by atoms with van der Waals surface area (Å²) in [7, 11) is 0. The van der Waals surface area contributed by atoms with Crippen LogP contribution in [0.15, 0.2) is 48.5 Å². The molecule has 0 saturated heterocycles. The molecular formula is C16H16N4O2. The largest absolute Gasteiger partial charge is 0.381 e. The average Bonchev–Trinajstić information content (AvgIpc) is 2.53. The van der Waals surface area contributed by atoms with Crippen molar-refractivity contribution >= 4 is 17.1 Å². The number of anilines is 2. The first-order chi connectivity index (χ1) is 10.6. The zero-order valence-electron chi connectivity index (χ0n) is 12.1. The topological polar surface area (TPSA) is 91.0 Å². The fourth-order valence-corrected chi connectivity index (χ4v) is 2.03. The van der Waals surface area contributed by atoms with E-state index in [9.17, 15) is 10.1 Å². The highest BCUT2D eigenvalue weighted by molar-refractivity contribution is 5.64. The van der Waals surface area contributed by atoms with Crippen molar-refractivity contribution in [3.05, 3.63) is 64.2 Å². The predicted molar refractivity (Wildman–Crippen MR) is 85.8 cm³/mol. The van der Waals surface area contributed by atoms with Gasteiger partial charge in [0.15, 0.2) is 0 Å². The van der Waals surface area contributed by atoms with Gasteiger partial charge in [-0.2, -0.15) is 5.26 Å². The number of rotatable bonds is 6. The Hall–Kier alpha value is -3.07. The molecule has 6 heteroatoms. The van der Waals surface area contributed by atoms with Gasteiger partial charge in [0.05, 0.1) is 16.6 Å². The molecule has 0 bridgehead atoms. The number of nitro benzene ring substituents is 1. The quantitative estimate of drug-likeness (QED) is 0.630. The molecular weight excluding hydrogens is 280 g/mol. The van der Waals surface area contributed by atoms with Crippen LogP contribution in [0.3, 0.4) is 0 Å². The van der Waals surface area contributed by atoms with Crippen LogP contribution in [0.1, 0.15) is 12.5 Å². The van der Waals surface area contributed by atoms with Crippen molar-refractivity contribution in [1.82, 2.24) is 0 Å². The van der Waals surface area contributed by atoms with Crippen LogP contribution in [0, 0.1) is 21.4 Å². The molecule has 112 valence electrons. The Bertz CT molecular complexity index is 695. The predicted octanol–water partition coefficient (Wildman–Crippen LogP) is 3.38. The summed E-state index contributed by atoms with van der Waals surface area (Å²) in [5, 5.41) is 26.2. The summed E-state index contributed by atoms with van der Waals surface area (Å²) < 4.78 is 0. The number of para-hydroxylation sites is 1. The van der Waals surface area contributed by atoms with Crippen molar-refractivity contribution in [2.24, 2.45) is 0 Å². The fraction of sp³-hybridized carbons (Fsp3) is 0.188. The molecule has 0 amide bonds. The van der Waals surface area contributed by atoms with Crippen molar-refractivity contribution in [2.75, 3.05) is 17.2 Å². The maximum atomic E-state index is 11.1. The minimum Gasteiger partial charge on any atom is -0.381 e. The van der Waals surface area contributed by atoms with E-state index in [1.165, 1.54) is 6.07 Å². The van der Waals surface area contributed by atoms with Crippen molar-refractivity contribution in [3.63, 3.8) is 0 Å². The first-order valence-corrected chi connectivity index (χ1v) is 6.84. The van der Waals surface area contributed by atoms with Crippen molar-refractivity contribution < 1.29 is 4.92 Å². The van der Waals surface area contributed by atoms with Crippen LogP contribution in [0.25, 0.3) is 0 Å². The molecule has 0 saturated carbocycles. The smallest absolute Gasteiger partial charge is 0.293 e. The van der Waals surface area contributed by atoms with E-state index in [2.05, 4.69) is 10.6 Å². The highest BCUT2D eigenvalue weighted by Crippen LogP contribution is 2.25. The summed E-state index contributed by atoms with van der Waals surface area (Å²) in [6.45, 7) is 2.50. The number of nitrogens with one attached hydrogen (secondary N) is 2. The third kappa shape index (κ3) is 3.96. The van der Waals surface area contributed by atoms with E-state index in [1.54, 1.807) is 12.1 Å². The molecule has 0 aliphatic carbocycles. The molecule has 6 nitrogen and oxygen atoms in total. The van der Waals surface area contributed by atoms with Crippen LogP contribution in [-0.2, 0) is 0 Å². The van der Waals surface area contributed by atoms with Gasteiger partial charge in [0.1, 0.15) is 5.69 Å². The molecule has 1 unspecified atom stereocenters. The van der Waals surface area contributed by atoms with Gasteiger partial charge < -0.3 is 10.6 Å². The van der Waals surface area contributed by atoms with Crippen LogP contribution in [0.4, 0.5) is 17.1 Å². The van der Waals surface area contributed by atoms with Gasteiger partial charge in [-0.1, -0.05) is 18.2 Å². The molecule has 2 N–H and O–H groups in total. The summed E-state index contributed by atoms with van der Waals surface area (Å²) >= 11 is 0. The molecule has 0 aromatic heterocycles. The Morgan fingerprint density at radius 1 is 1.27 bits per heavy atom. The molecule has 2 aromatic carbocycles. The average molecular weight is 296 g/mol. The maximum absolute atomic E-state index is 11.1. The van der Waals surface area contributed by atoms with E-state index in [0.717, 1.165) is 5.69 Å². The van der Waals surface area contributed by atoms with Gasteiger partial charge in [-0.3, -0.25) is 10.1 Å². The molecule has 0 radical (unpaired) electrons. The van der Waals surface area contributed by atoms with Gasteiger partial charge in [-0.15, -0.1) is 0 Å². The second kappa shape index (κ2) is 7.09. The summed E-state index contributed by atoms with van der Waals surface area (Å²) in [4.78, 5) is 10.6. The van der Waals surface area contributed by atoms with E-state index in [4.69, 9.17) is 5.26 Å². The fourth-order valence-electron chi connectivity index (χ4n) is 2.03. The third-order valence-electron chi connectivity index (χ3n) is 3.11. The van der Waals surface area contributed by atoms with Gasteiger partial charge in [0, 0.05) is 24.3 Å². The highest BCUT2D eigenvalue weighted by atomic mass is 16.6. The molecule has 2 rings (SSSR count). The number of nitriles is 1. The van der Waals surface area contributed by atoms with Crippen LogP contribution >= 0.6 is 0 Å². The Morgan fingerprint density at radius 2 is 2.00 bits per heavy atom. The van der Waals surface area contributed by atoms with Crippen LogP contribution in [0.2, 0.25) is 0 Å². The highest BCUT2D eigenvalue weighted by Gasteiger charge is 2.15. The first kappa shape index (κ1) is 15.3. The minimum absolute atomic E-state index is 0.0812. The van der Waals surface area contributed by atoms with Gasteiger partial charge in [0.2, 0.25) is 0 Å². The summed E-state index contributed by atoms with van der Waals surface area (Å²) in [5.74, 6) is 0. The first-order valence-electron chi connectivity index (χ1n) is 6.84. The zero-order chi connectivity index (χ0) is 15.9. The van der Waals surface area contributed by atoms with E-state index in [1.807, 2.05) is 43.3 Å². The molecule has 0 spiro atoms. The Labute approximate surface area is 128 Å². The van der Waals surface area contributed by atoms with Gasteiger partial charge >= 0.3 is 0 Å². The summed E-state index contributed by atoms with van der Waals surface area (Å²) in [6.07, 6.45) is 0. The molecule has 22 heavy (non-hydrogen) atoms. The van der Waals surface area contributed by atoms with Crippen LogP contribution < -0.4 is 10.6 Å². The lowest BCUT2D eigenvalue weighted by atomic mass is 10.2. The maximum Gasteiger partial charge on any atom is 0.293 e. The lowest BCUT2D eigenvalue weighted by Crippen LogP contribution is -2.25. The normalized spacial score (nSPS) is 11.3. The van der Waals surface area contributed by atoms with Gasteiger partial charge in [-0.25, -0.2) is 0 Å². The van der Waals surface area contributed by atoms with Crippen molar-refractivity contribution in [2.45, 2.75) is 13.0 Å².